The number of benzene rings is 1. The van der Waals surface area contributed by atoms with E-state index in [4.69, 9.17) is 0 Å². The first-order valence-corrected chi connectivity index (χ1v) is 8.73. The summed E-state index contributed by atoms with van der Waals surface area (Å²) < 4.78 is 78.3. The molecule has 0 saturated heterocycles. The molecule has 0 fully saturated rings. The summed E-state index contributed by atoms with van der Waals surface area (Å²) in [6.07, 6.45) is -3.66. The molecule has 1 unspecified atom stereocenters. The smallest absolute Gasteiger partial charge is 0.233 e. The van der Waals surface area contributed by atoms with Crippen LogP contribution in [0.1, 0.15) is 18.5 Å². The third-order valence-electron chi connectivity index (χ3n) is 3.03. The van der Waals surface area contributed by atoms with Crippen LogP contribution in [0.4, 0.5) is 17.6 Å². The fraction of sp³-hybridized carbons (Fsp3) is 0.308. The number of thiazole rings is 1. The largest absolute Gasteiger partial charge is 0.409 e. The first kappa shape index (κ1) is 17.8. The van der Waals surface area contributed by atoms with Gasteiger partial charge in [0, 0.05) is 18.1 Å². The molecule has 0 aliphatic carbocycles. The Bertz CT molecular complexity index is 743. The summed E-state index contributed by atoms with van der Waals surface area (Å²) in [4.78, 5) is 3.59. The SMILES string of the molecule is CCN(C(c1ccc(F)cc1)C(F)(F)F)S(=O)(=O)c1nccs1. The molecule has 2 rings (SSSR count). The van der Waals surface area contributed by atoms with Gasteiger partial charge in [0.15, 0.2) is 0 Å². The monoisotopic (exact) mass is 368 g/mol. The van der Waals surface area contributed by atoms with Gasteiger partial charge in [-0.2, -0.15) is 17.5 Å². The third kappa shape index (κ3) is 3.70. The number of nitrogens with zero attached hydrogens (tertiary/aromatic N) is 2. The van der Waals surface area contributed by atoms with E-state index < -0.39 is 38.9 Å². The van der Waals surface area contributed by atoms with E-state index in [1.807, 2.05) is 0 Å². The van der Waals surface area contributed by atoms with Crippen molar-refractivity contribution in [1.29, 1.82) is 0 Å². The van der Waals surface area contributed by atoms with Crippen molar-refractivity contribution in [2.45, 2.75) is 23.5 Å². The van der Waals surface area contributed by atoms with Crippen molar-refractivity contribution in [3.63, 3.8) is 0 Å². The second-order valence-electron chi connectivity index (χ2n) is 4.50. The summed E-state index contributed by atoms with van der Waals surface area (Å²) >= 11 is 0.731. The zero-order valence-corrected chi connectivity index (χ0v) is 13.4. The van der Waals surface area contributed by atoms with Gasteiger partial charge in [-0.15, -0.1) is 11.3 Å². The predicted molar refractivity (Wildman–Crippen MR) is 76.9 cm³/mol. The molecule has 0 amide bonds. The average molecular weight is 368 g/mol. The average Bonchev–Trinajstić information content (AvgIpc) is 2.99. The van der Waals surface area contributed by atoms with Gasteiger partial charge >= 0.3 is 6.18 Å². The van der Waals surface area contributed by atoms with Crippen molar-refractivity contribution in [3.8, 4) is 0 Å². The molecule has 10 heteroatoms. The number of sulfonamides is 1. The minimum Gasteiger partial charge on any atom is -0.233 e. The van der Waals surface area contributed by atoms with Crippen molar-refractivity contribution >= 4 is 21.4 Å². The van der Waals surface area contributed by atoms with Crippen LogP contribution in [-0.4, -0.2) is 30.4 Å². The lowest BCUT2D eigenvalue weighted by atomic mass is 10.1. The number of rotatable bonds is 5. The minimum absolute atomic E-state index is 0.319. The molecule has 4 nitrogen and oxygen atoms in total. The van der Waals surface area contributed by atoms with Crippen LogP contribution in [0.15, 0.2) is 40.2 Å². The molecule has 2 aromatic rings. The highest BCUT2D eigenvalue weighted by molar-refractivity contribution is 7.91. The second kappa shape index (κ2) is 6.54. The van der Waals surface area contributed by atoms with E-state index in [1.54, 1.807) is 0 Å². The lowest BCUT2D eigenvalue weighted by Crippen LogP contribution is -2.42. The van der Waals surface area contributed by atoms with E-state index in [0.29, 0.717) is 4.31 Å². The van der Waals surface area contributed by atoms with Gasteiger partial charge in [0.1, 0.15) is 11.9 Å². The molecular formula is C13H12F4N2O2S2. The lowest BCUT2D eigenvalue weighted by molar-refractivity contribution is -0.173. The fourth-order valence-corrected chi connectivity index (χ4v) is 4.65. The Morgan fingerprint density at radius 2 is 1.87 bits per heavy atom. The summed E-state index contributed by atoms with van der Waals surface area (Å²) in [5.74, 6) is -0.708. The first-order valence-electron chi connectivity index (χ1n) is 6.41. The Balaban J connectivity index is 2.55. The maximum absolute atomic E-state index is 13.5. The van der Waals surface area contributed by atoms with E-state index in [2.05, 4.69) is 4.98 Å². The topological polar surface area (TPSA) is 50.3 Å². The summed E-state index contributed by atoms with van der Waals surface area (Å²) in [7, 11) is -4.42. The van der Waals surface area contributed by atoms with Crippen LogP contribution in [0.2, 0.25) is 0 Å². The quantitative estimate of drug-likeness (QED) is 0.758. The Kier molecular flexibility index (Phi) is 5.07. The second-order valence-corrected chi connectivity index (χ2v) is 7.46. The molecule has 1 aromatic carbocycles. The van der Waals surface area contributed by atoms with Gasteiger partial charge in [0.05, 0.1) is 0 Å². The van der Waals surface area contributed by atoms with E-state index in [1.165, 1.54) is 18.5 Å². The normalized spacial score (nSPS) is 14.2. The van der Waals surface area contributed by atoms with Gasteiger partial charge in [-0.1, -0.05) is 19.1 Å². The number of hydrogen-bond donors (Lipinski definition) is 0. The lowest BCUT2D eigenvalue weighted by Gasteiger charge is -2.31. The van der Waals surface area contributed by atoms with Crippen molar-refractivity contribution < 1.29 is 26.0 Å². The van der Waals surface area contributed by atoms with Gasteiger partial charge < -0.3 is 0 Å². The number of alkyl halides is 3. The zero-order chi connectivity index (χ0) is 17.3. The number of aromatic nitrogens is 1. The van der Waals surface area contributed by atoms with Crippen molar-refractivity contribution in [2.75, 3.05) is 6.54 Å². The molecule has 0 N–H and O–H groups in total. The maximum Gasteiger partial charge on any atom is 0.409 e. The summed E-state index contributed by atoms with van der Waals surface area (Å²) in [5.41, 5.74) is -0.360. The van der Waals surface area contributed by atoms with Crippen molar-refractivity contribution in [3.05, 3.63) is 47.2 Å². The molecule has 1 atom stereocenters. The number of halogens is 4. The van der Waals surface area contributed by atoms with Gasteiger partial charge in [0.25, 0.3) is 10.0 Å². The molecule has 23 heavy (non-hydrogen) atoms. The zero-order valence-electron chi connectivity index (χ0n) is 11.8. The fourth-order valence-electron chi connectivity index (χ4n) is 2.09. The van der Waals surface area contributed by atoms with Crippen LogP contribution >= 0.6 is 11.3 Å². The third-order valence-corrected chi connectivity index (χ3v) is 6.15. The first-order chi connectivity index (χ1) is 10.7. The van der Waals surface area contributed by atoms with E-state index >= 15 is 0 Å². The molecular weight excluding hydrogens is 356 g/mol. The molecule has 0 aliphatic rings. The van der Waals surface area contributed by atoms with Crippen molar-refractivity contribution in [2.24, 2.45) is 0 Å². The Hall–Kier alpha value is -1.52. The van der Waals surface area contributed by atoms with Crippen LogP contribution in [0.3, 0.4) is 0 Å². The van der Waals surface area contributed by atoms with Crippen molar-refractivity contribution in [1.82, 2.24) is 9.29 Å². The van der Waals surface area contributed by atoms with Gasteiger partial charge in [-0.3, -0.25) is 0 Å². The van der Waals surface area contributed by atoms with Gasteiger partial charge in [-0.05, 0) is 17.7 Å². The Labute approximate surface area is 134 Å². The van der Waals surface area contributed by atoms with E-state index in [0.717, 1.165) is 35.6 Å². The molecule has 1 aromatic heterocycles. The standard InChI is InChI=1S/C13H12F4N2O2S2/c1-2-19(23(20,21)12-18-7-8-22-12)11(13(15,16)17)9-3-5-10(14)6-4-9/h3-8,11H,2H2,1H3. The van der Waals surface area contributed by atoms with Crippen LogP contribution in [0.5, 0.6) is 0 Å². The molecule has 0 radical (unpaired) electrons. The molecule has 126 valence electrons. The Morgan fingerprint density at radius 1 is 1.26 bits per heavy atom. The van der Waals surface area contributed by atoms with Crippen LogP contribution < -0.4 is 0 Å². The maximum atomic E-state index is 13.5. The molecule has 0 spiro atoms. The number of hydrogen-bond acceptors (Lipinski definition) is 4. The highest BCUT2D eigenvalue weighted by atomic mass is 32.2. The highest BCUT2D eigenvalue weighted by Gasteiger charge is 2.49. The predicted octanol–water partition coefficient (Wildman–Crippen LogP) is 3.60. The summed E-state index contributed by atoms with van der Waals surface area (Å²) in [6, 6.07) is 1.15. The Morgan fingerprint density at radius 3 is 2.30 bits per heavy atom. The highest BCUT2D eigenvalue weighted by Crippen LogP contribution is 2.40. The van der Waals surface area contributed by atoms with E-state index in [9.17, 15) is 26.0 Å². The molecule has 0 saturated carbocycles. The minimum atomic E-state index is -4.86. The van der Waals surface area contributed by atoms with E-state index in [-0.39, 0.29) is 5.56 Å². The van der Waals surface area contributed by atoms with Crippen LogP contribution in [-0.2, 0) is 10.0 Å². The van der Waals surface area contributed by atoms with Gasteiger partial charge in [0.2, 0.25) is 4.34 Å². The molecule has 0 aliphatic heterocycles. The molecule has 1 heterocycles. The van der Waals surface area contributed by atoms with Crippen LogP contribution in [0.25, 0.3) is 0 Å². The summed E-state index contributed by atoms with van der Waals surface area (Å²) in [5, 5.41) is 1.36. The van der Waals surface area contributed by atoms with Gasteiger partial charge in [-0.25, -0.2) is 17.8 Å². The van der Waals surface area contributed by atoms with Crippen LogP contribution in [0, 0.1) is 5.82 Å². The summed E-state index contributed by atoms with van der Waals surface area (Å²) in [6.45, 7) is 0.886. The molecule has 0 bridgehead atoms.